The number of amides is 2. The number of rotatable bonds is 3. The first-order chi connectivity index (χ1) is 10.1. The fraction of sp³-hybridized carbons (Fsp3) is 0.308. The summed E-state index contributed by atoms with van der Waals surface area (Å²) in [7, 11) is 1.43. The molecule has 1 saturated heterocycles. The van der Waals surface area contributed by atoms with E-state index in [-0.39, 0.29) is 0 Å². The molecule has 8 heteroatoms. The van der Waals surface area contributed by atoms with Gasteiger partial charge < -0.3 is 20.1 Å². The molecule has 1 aliphatic rings. The molecule has 7 nitrogen and oxygen atoms in total. The molecule has 0 aromatic heterocycles. The Morgan fingerprint density at radius 3 is 2.95 bits per heavy atom. The molecule has 2 N–H and O–H groups in total. The second-order valence-corrected chi connectivity index (χ2v) is 5.28. The van der Waals surface area contributed by atoms with Gasteiger partial charge in [0, 0.05) is 11.8 Å². The van der Waals surface area contributed by atoms with Crippen molar-refractivity contribution in [3.8, 4) is 11.8 Å². The molecule has 1 atom stereocenters. The quantitative estimate of drug-likeness (QED) is 0.878. The highest BCUT2D eigenvalue weighted by atomic mass is 32.2. The average Bonchev–Trinajstić information content (AvgIpc) is 2.97. The number of aliphatic carboxylic acids is 1. The Balaban J connectivity index is 2.16. The number of nitrogens with zero attached hydrogens (tertiary/aromatic N) is 2. The minimum absolute atomic E-state index is 0.321. The van der Waals surface area contributed by atoms with Crippen LogP contribution in [0.25, 0.3) is 0 Å². The van der Waals surface area contributed by atoms with Crippen LogP contribution in [-0.2, 0) is 4.79 Å². The van der Waals surface area contributed by atoms with Gasteiger partial charge in [-0.15, -0.1) is 11.8 Å². The van der Waals surface area contributed by atoms with Crippen molar-refractivity contribution >= 4 is 29.4 Å². The molecule has 0 unspecified atom stereocenters. The smallest absolute Gasteiger partial charge is 0.327 e. The topological polar surface area (TPSA) is 103 Å². The van der Waals surface area contributed by atoms with Gasteiger partial charge in [-0.1, -0.05) is 0 Å². The summed E-state index contributed by atoms with van der Waals surface area (Å²) in [6.45, 7) is 0. The van der Waals surface area contributed by atoms with Crippen LogP contribution in [0, 0.1) is 11.3 Å². The Labute approximate surface area is 125 Å². The number of nitrogens with one attached hydrogen (secondary N) is 1. The molecule has 1 heterocycles. The summed E-state index contributed by atoms with van der Waals surface area (Å²) in [5.74, 6) is 0.0114. The number of hydrogen-bond donors (Lipinski definition) is 2. The van der Waals surface area contributed by atoms with Crippen LogP contribution >= 0.6 is 11.8 Å². The number of anilines is 1. The number of methoxy groups -OCH3 is 1. The minimum atomic E-state index is -1.03. The number of carbonyl (C=O) groups excluding carboxylic acids is 1. The molecule has 110 valence electrons. The fourth-order valence-corrected chi connectivity index (χ4v) is 3.04. The molecule has 1 fully saturated rings. The monoisotopic (exact) mass is 307 g/mol. The molecule has 2 amide bonds. The highest BCUT2D eigenvalue weighted by Crippen LogP contribution is 2.27. The van der Waals surface area contributed by atoms with Gasteiger partial charge in [0.1, 0.15) is 11.8 Å². The van der Waals surface area contributed by atoms with Crippen molar-refractivity contribution in [1.82, 2.24) is 4.90 Å². The van der Waals surface area contributed by atoms with Gasteiger partial charge in [0.2, 0.25) is 0 Å². The number of nitriles is 1. The highest BCUT2D eigenvalue weighted by molar-refractivity contribution is 7.99. The molecule has 0 spiro atoms. The summed E-state index contributed by atoms with van der Waals surface area (Å²) in [6.07, 6.45) is 0. The maximum Gasteiger partial charge on any atom is 0.327 e. The van der Waals surface area contributed by atoms with Crippen LogP contribution in [0.2, 0.25) is 0 Å². The van der Waals surface area contributed by atoms with E-state index in [9.17, 15) is 9.59 Å². The number of ether oxygens (including phenoxy) is 1. The zero-order valence-electron chi connectivity index (χ0n) is 11.2. The van der Waals surface area contributed by atoms with Crippen molar-refractivity contribution in [1.29, 1.82) is 5.26 Å². The Hall–Kier alpha value is -2.40. The molecular weight excluding hydrogens is 294 g/mol. The molecule has 0 radical (unpaired) electrons. The lowest BCUT2D eigenvalue weighted by Crippen LogP contribution is -2.44. The molecular formula is C13H13N3O4S. The van der Waals surface area contributed by atoms with Crippen LogP contribution in [0.5, 0.6) is 5.75 Å². The number of urea groups is 1. The second-order valence-electron chi connectivity index (χ2n) is 4.28. The zero-order chi connectivity index (χ0) is 15.4. The van der Waals surface area contributed by atoms with Crippen molar-refractivity contribution < 1.29 is 19.4 Å². The van der Waals surface area contributed by atoms with Crippen molar-refractivity contribution in [2.45, 2.75) is 6.04 Å². The predicted octanol–water partition coefficient (Wildman–Crippen LogP) is 1.56. The van der Waals surface area contributed by atoms with Crippen LogP contribution in [0.4, 0.5) is 10.5 Å². The van der Waals surface area contributed by atoms with Crippen LogP contribution in [-0.4, -0.2) is 46.8 Å². The summed E-state index contributed by atoms with van der Waals surface area (Å²) in [5, 5.41) is 20.5. The van der Waals surface area contributed by atoms with E-state index >= 15 is 0 Å². The molecule has 0 saturated carbocycles. The molecule has 21 heavy (non-hydrogen) atoms. The summed E-state index contributed by atoms with van der Waals surface area (Å²) in [6, 6.07) is 5.24. The van der Waals surface area contributed by atoms with Crippen molar-refractivity contribution in [3.63, 3.8) is 0 Å². The van der Waals surface area contributed by atoms with Gasteiger partial charge in [0.25, 0.3) is 0 Å². The highest BCUT2D eigenvalue weighted by Gasteiger charge is 2.34. The number of benzene rings is 1. The van der Waals surface area contributed by atoms with Gasteiger partial charge >= 0.3 is 12.0 Å². The van der Waals surface area contributed by atoms with Gasteiger partial charge in [0.05, 0.1) is 30.3 Å². The lowest BCUT2D eigenvalue weighted by molar-refractivity contribution is -0.140. The molecule has 1 aromatic rings. The number of carboxylic acid groups (broad SMARTS) is 1. The van der Waals surface area contributed by atoms with E-state index in [2.05, 4.69) is 5.32 Å². The lowest BCUT2D eigenvalue weighted by atomic mass is 10.2. The van der Waals surface area contributed by atoms with Crippen molar-refractivity contribution in [2.75, 3.05) is 24.1 Å². The standard InChI is InChI=1S/C13H13N3O4S/c1-20-11-4-8(5-14)2-3-9(11)15-13(19)16-7-21-6-10(16)12(17)18/h2-4,10H,6-7H2,1H3,(H,15,19)(H,17,18)/t10-/m0/s1. The van der Waals surface area contributed by atoms with E-state index in [0.717, 1.165) is 0 Å². The van der Waals surface area contributed by atoms with Crippen LogP contribution in [0.3, 0.4) is 0 Å². The van der Waals surface area contributed by atoms with Crippen LogP contribution < -0.4 is 10.1 Å². The van der Waals surface area contributed by atoms with E-state index in [1.54, 1.807) is 12.1 Å². The summed E-state index contributed by atoms with van der Waals surface area (Å²) in [5.41, 5.74) is 0.799. The van der Waals surface area contributed by atoms with E-state index in [1.807, 2.05) is 6.07 Å². The second kappa shape index (κ2) is 6.37. The number of thioether (sulfide) groups is 1. The molecule has 2 rings (SSSR count). The van der Waals surface area contributed by atoms with E-state index < -0.39 is 18.0 Å². The van der Waals surface area contributed by atoms with Gasteiger partial charge in [-0.25, -0.2) is 9.59 Å². The molecule has 1 aliphatic heterocycles. The fourth-order valence-electron chi connectivity index (χ4n) is 1.90. The Morgan fingerprint density at radius 2 is 2.33 bits per heavy atom. The lowest BCUT2D eigenvalue weighted by Gasteiger charge is -2.21. The largest absolute Gasteiger partial charge is 0.495 e. The number of carbonyl (C=O) groups is 2. The first-order valence-corrected chi connectivity index (χ1v) is 7.18. The maximum absolute atomic E-state index is 12.2. The van der Waals surface area contributed by atoms with E-state index in [0.29, 0.717) is 28.6 Å². The first kappa shape index (κ1) is 15.0. The first-order valence-electron chi connectivity index (χ1n) is 6.03. The van der Waals surface area contributed by atoms with Gasteiger partial charge in [-0.05, 0) is 12.1 Å². The zero-order valence-corrected chi connectivity index (χ0v) is 12.0. The number of hydrogen-bond acceptors (Lipinski definition) is 5. The van der Waals surface area contributed by atoms with E-state index in [1.165, 1.54) is 29.8 Å². The summed E-state index contributed by atoms with van der Waals surface area (Å²) in [4.78, 5) is 24.5. The summed E-state index contributed by atoms with van der Waals surface area (Å²) < 4.78 is 5.12. The Bertz CT molecular complexity index is 614. The van der Waals surface area contributed by atoms with Gasteiger partial charge in [-0.3, -0.25) is 0 Å². The van der Waals surface area contributed by atoms with Crippen molar-refractivity contribution in [2.24, 2.45) is 0 Å². The van der Waals surface area contributed by atoms with Crippen molar-refractivity contribution in [3.05, 3.63) is 23.8 Å². The van der Waals surface area contributed by atoms with Gasteiger partial charge in [-0.2, -0.15) is 5.26 Å². The molecule has 0 aliphatic carbocycles. The minimum Gasteiger partial charge on any atom is -0.495 e. The molecule has 1 aromatic carbocycles. The molecule has 0 bridgehead atoms. The Morgan fingerprint density at radius 1 is 1.57 bits per heavy atom. The SMILES string of the molecule is COc1cc(C#N)ccc1NC(=O)N1CSC[C@H]1C(=O)O. The average molecular weight is 307 g/mol. The van der Waals surface area contributed by atoms with E-state index in [4.69, 9.17) is 15.1 Å². The third-order valence-corrected chi connectivity index (χ3v) is 4.01. The van der Waals surface area contributed by atoms with Crippen LogP contribution in [0.1, 0.15) is 5.56 Å². The third-order valence-electron chi connectivity index (χ3n) is 3.00. The third kappa shape index (κ3) is 3.20. The number of carboxylic acids is 1. The maximum atomic E-state index is 12.2. The van der Waals surface area contributed by atoms with Gasteiger partial charge in [0.15, 0.2) is 0 Å². The summed E-state index contributed by atoms with van der Waals surface area (Å²) >= 11 is 1.38. The normalized spacial score (nSPS) is 17.1. The predicted molar refractivity (Wildman–Crippen MR) is 77.3 cm³/mol. The van der Waals surface area contributed by atoms with Crippen LogP contribution in [0.15, 0.2) is 18.2 Å². The Kier molecular flexibility index (Phi) is 4.55.